The first-order valence-corrected chi connectivity index (χ1v) is 24.4. The van der Waals surface area contributed by atoms with Crippen molar-refractivity contribution in [2.24, 2.45) is 0 Å². The van der Waals surface area contributed by atoms with Crippen molar-refractivity contribution < 1.29 is 23.0 Å². The van der Waals surface area contributed by atoms with Crippen LogP contribution in [0.3, 0.4) is 0 Å². The minimum Gasteiger partial charge on any atom is -0.461 e. The molecule has 12 heteroatoms. The number of carbonyl (C=O) groups excluding carboxylic acids is 1. The third-order valence-corrected chi connectivity index (χ3v) is 20.3. The lowest BCUT2D eigenvalue weighted by molar-refractivity contribution is 0.0122. The summed E-state index contributed by atoms with van der Waals surface area (Å²) in [6.45, 7) is 24.5. The van der Waals surface area contributed by atoms with Crippen LogP contribution < -0.4 is 9.64 Å². The van der Waals surface area contributed by atoms with Crippen molar-refractivity contribution in [1.82, 2.24) is 24.8 Å². The molecule has 60 heavy (non-hydrogen) atoms. The monoisotopic (exact) mass is 836 g/mol. The number of amides is 1. The van der Waals surface area contributed by atoms with Gasteiger partial charge in [-0.05, 0) is 119 Å². The first-order chi connectivity index (χ1) is 28.4. The zero-order chi connectivity index (χ0) is 42.9. The predicted molar refractivity (Wildman–Crippen MR) is 238 cm³/mol. The summed E-state index contributed by atoms with van der Waals surface area (Å²) in [6, 6.07) is 7.02. The number of fused-ring (bicyclic) bond motifs is 5. The Morgan fingerprint density at radius 2 is 1.62 bits per heavy atom. The summed E-state index contributed by atoms with van der Waals surface area (Å²) in [5, 5.41) is 1.77. The molecule has 0 radical (unpaired) electrons. The Bertz CT molecular complexity index is 2340. The molecule has 4 fully saturated rings. The summed E-state index contributed by atoms with van der Waals surface area (Å²) < 4.78 is 46.3. The van der Waals surface area contributed by atoms with E-state index >= 15 is 8.78 Å². The van der Waals surface area contributed by atoms with Gasteiger partial charge in [0.05, 0.1) is 28.6 Å². The van der Waals surface area contributed by atoms with Crippen molar-refractivity contribution in [2.45, 2.75) is 148 Å². The van der Waals surface area contributed by atoms with Gasteiger partial charge >= 0.3 is 12.1 Å². The van der Waals surface area contributed by atoms with Crippen LogP contribution in [0.5, 0.6) is 6.01 Å². The zero-order valence-electron chi connectivity index (χ0n) is 37.2. The lowest BCUT2D eigenvalue weighted by Gasteiger charge is -2.42. The SMILES string of the molecule is Cc1cc(-c2ncc3c(N4CC5CCC(C4)N5C(=O)OC(C)(C)C)nc(OCC45CCCN4CCC5)nc3c2F)c2c(C#C[Si](C(C)C)(C(C)C)C(C)C)c(F)ccc2c1. The molecule has 2 unspecified atom stereocenters. The minimum atomic E-state index is -2.24. The van der Waals surface area contributed by atoms with Gasteiger partial charge in [-0.3, -0.25) is 14.8 Å². The van der Waals surface area contributed by atoms with Crippen molar-refractivity contribution >= 4 is 41.7 Å². The van der Waals surface area contributed by atoms with Crippen LogP contribution in [0.15, 0.2) is 30.5 Å². The Morgan fingerprint density at radius 3 is 2.23 bits per heavy atom. The number of nitrogens with zero attached hydrogens (tertiary/aromatic N) is 6. The Kier molecular flexibility index (Phi) is 11.2. The number of hydrogen-bond acceptors (Lipinski definition) is 8. The Morgan fingerprint density at radius 1 is 0.967 bits per heavy atom. The highest BCUT2D eigenvalue weighted by atomic mass is 28.3. The van der Waals surface area contributed by atoms with Gasteiger partial charge in [-0.2, -0.15) is 9.97 Å². The van der Waals surface area contributed by atoms with E-state index in [0.29, 0.717) is 58.5 Å². The minimum absolute atomic E-state index is 0.0677. The Balaban J connectivity index is 1.26. The lowest BCUT2D eigenvalue weighted by Crippen LogP contribution is -2.57. The van der Waals surface area contributed by atoms with Gasteiger partial charge in [-0.1, -0.05) is 59.6 Å². The number of carbonyl (C=O) groups is 1. The van der Waals surface area contributed by atoms with E-state index < -0.39 is 25.3 Å². The quantitative estimate of drug-likeness (QED) is 0.128. The molecule has 0 aliphatic carbocycles. The van der Waals surface area contributed by atoms with Gasteiger partial charge in [0.15, 0.2) is 5.82 Å². The van der Waals surface area contributed by atoms with E-state index in [4.69, 9.17) is 24.4 Å². The van der Waals surface area contributed by atoms with Crippen LogP contribution in [0, 0.1) is 30.0 Å². The average Bonchev–Trinajstić information content (AvgIpc) is 3.84. The summed E-state index contributed by atoms with van der Waals surface area (Å²) in [4.78, 5) is 34.6. The number of rotatable bonds is 8. The smallest absolute Gasteiger partial charge is 0.410 e. The lowest BCUT2D eigenvalue weighted by atomic mass is 9.94. The van der Waals surface area contributed by atoms with Crippen molar-refractivity contribution in [3.8, 4) is 28.7 Å². The maximum absolute atomic E-state index is 17.7. The molecule has 4 aliphatic heterocycles. The molecule has 2 aromatic carbocycles. The number of ether oxygens (including phenoxy) is 2. The Hall–Kier alpha value is -4.34. The molecule has 2 aromatic heterocycles. The Labute approximate surface area is 355 Å². The van der Waals surface area contributed by atoms with Crippen LogP contribution in [-0.4, -0.2) is 94.9 Å². The van der Waals surface area contributed by atoms with Gasteiger partial charge in [0, 0.05) is 30.2 Å². The second kappa shape index (κ2) is 15.8. The highest BCUT2D eigenvalue weighted by Gasteiger charge is 2.47. The maximum Gasteiger partial charge on any atom is 0.410 e. The number of aromatic nitrogens is 3. The molecule has 2 bridgehead atoms. The van der Waals surface area contributed by atoms with Crippen molar-refractivity contribution in [3.63, 3.8) is 0 Å². The van der Waals surface area contributed by atoms with Crippen molar-refractivity contribution in [3.05, 3.63) is 53.2 Å². The standard InChI is InChI=1S/C48H62F2N6O3Si/c1-29(2)60(30(3)4,31(5)6)22-17-36-39(49)16-13-33-23-32(7)24-37(40(33)36)42-41(50)43-38(25-51-42)44(53-45(52-43)58-28-48-18-11-20-55(48)21-12-19-48)54-26-34-14-15-35(27-54)56(34)46(57)59-47(8,9)10/h13,16,23-25,29-31,34-35H,11-12,14-15,18-21,26-28H2,1-10H3. The molecule has 6 heterocycles. The number of pyridine rings is 1. The molecule has 4 aliphatic rings. The number of hydrogen-bond donors (Lipinski definition) is 0. The van der Waals surface area contributed by atoms with Crippen LogP contribution in [0.2, 0.25) is 16.6 Å². The molecule has 0 spiro atoms. The van der Waals surface area contributed by atoms with Gasteiger partial charge < -0.3 is 14.4 Å². The summed E-state index contributed by atoms with van der Waals surface area (Å²) in [7, 11) is -2.24. The molecule has 4 saturated heterocycles. The fourth-order valence-corrected chi connectivity index (χ4v) is 16.6. The third-order valence-electron chi connectivity index (χ3n) is 14.0. The molecule has 4 aromatic rings. The van der Waals surface area contributed by atoms with E-state index in [1.807, 2.05) is 44.7 Å². The van der Waals surface area contributed by atoms with E-state index in [1.54, 1.807) is 12.3 Å². The maximum atomic E-state index is 17.7. The average molecular weight is 837 g/mol. The highest BCUT2D eigenvalue weighted by Crippen LogP contribution is 2.44. The van der Waals surface area contributed by atoms with E-state index in [9.17, 15) is 4.79 Å². The van der Waals surface area contributed by atoms with Crippen LogP contribution in [-0.2, 0) is 4.74 Å². The molecule has 0 saturated carbocycles. The molecule has 9 nitrogen and oxygen atoms in total. The number of anilines is 1. The van der Waals surface area contributed by atoms with Gasteiger partial charge in [-0.25, -0.2) is 13.6 Å². The third kappa shape index (κ3) is 7.41. The van der Waals surface area contributed by atoms with E-state index in [1.165, 1.54) is 6.07 Å². The molecule has 0 N–H and O–H groups in total. The van der Waals surface area contributed by atoms with E-state index in [-0.39, 0.29) is 46.5 Å². The highest BCUT2D eigenvalue weighted by molar-refractivity contribution is 6.90. The van der Waals surface area contributed by atoms with Crippen LogP contribution in [0.4, 0.5) is 19.4 Å². The second-order valence-electron chi connectivity index (χ2n) is 19.9. The fraction of sp³-hybridized carbons (Fsp3) is 0.583. The number of aryl methyl sites for hydroxylation is 1. The topological polar surface area (TPSA) is 83.9 Å². The van der Waals surface area contributed by atoms with Crippen LogP contribution in [0.25, 0.3) is 32.9 Å². The molecule has 320 valence electrons. The van der Waals surface area contributed by atoms with Crippen LogP contribution in [0.1, 0.15) is 112 Å². The fourth-order valence-electron chi connectivity index (χ4n) is 11.4. The normalized spacial score (nSPS) is 20.4. The second-order valence-corrected chi connectivity index (χ2v) is 25.5. The van der Waals surface area contributed by atoms with Gasteiger partial charge in [0.1, 0.15) is 43.1 Å². The first kappa shape index (κ1) is 42.4. The molecule has 1 amide bonds. The van der Waals surface area contributed by atoms with Crippen molar-refractivity contribution in [1.29, 1.82) is 0 Å². The summed E-state index contributed by atoms with van der Waals surface area (Å²) in [5.41, 5.74) is 5.91. The largest absolute Gasteiger partial charge is 0.461 e. The molecular weight excluding hydrogens is 775 g/mol. The van der Waals surface area contributed by atoms with Crippen LogP contribution >= 0.6 is 0 Å². The van der Waals surface area contributed by atoms with E-state index in [2.05, 4.69) is 62.8 Å². The summed E-state index contributed by atoms with van der Waals surface area (Å²) in [6.07, 6.45) is 7.33. The predicted octanol–water partition coefficient (Wildman–Crippen LogP) is 10.6. The van der Waals surface area contributed by atoms with Gasteiger partial charge in [0.25, 0.3) is 0 Å². The van der Waals surface area contributed by atoms with E-state index in [0.717, 1.165) is 62.6 Å². The summed E-state index contributed by atoms with van der Waals surface area (Å²) in [5.74, 6) is 2.85. The van der Waals surface area contributed by atoms with Gasteiger partial charge in [0.2, 0.25) is 0 Å². The molecular formula is C48H62F2N6O3Si. The first-order valence-electron chi connectivity index (χ1n) is 22.2. The molecule has 8 rings (SSSR count). The number of halogens is 2. The zero-order valence-corrected chi connectivity index (χ0v) is 38.2. The number of benzene rings is 2. The van der Waals surface area contributed by atoms with Crippen molar-refractivity contribution in [2.75, 3.05) is 37.7 Å². The summed E-state index contributed by atoms with van der Waals surface area (Å²) >= 11 is 0. The number of piperazine rings is 1. The molecule has 2 atom stereocenters. The van der Waals surface area contributed by atoms with Gasteiger partial charge in [-0.15, -0.1) is 5.54 Å².